The van der Waals surface area contributed by atoms with Crippen molar-refractivity contribution in [3.63, 3.8) is 0 Å². The number of carbonyl (C=O) groups is 1. The van der Waals surface area contributed by atoms with Gasteiger partial charge in [-0.25, -0.2) is 0 Å². The molecule has 7 heteroatoms. The van der Waals surface area contributed by atoms with E-state index in [1.54, 1.807) is 11.3 Å². The molecule has 24 heavy (non-hydrogen) atoms. The van der Waals surface area contributed by atoms with Gasteiger partial charge < -0.3 is 10.2 Å². The molecule has 0 unspecified atom stereocenters. The fraction of sp³-hybridized carbons (Fsp3) is 0.824. The molecule has 2 saturated carbocycles. The van der Waals surface area contributed by atoms with Gasteiger partial charge in [-0.2, -0.15) is 0 Å². The molecule has 4 rings (SSSR count). The van der Waals surface area contributed by atoms with Gasteiger partial charge in [-0.3, -0.25) is 4.79 Å². The van der Waals surface area contributed by atoms with Crippen LogP contribution in [0, 0.1) is 17.8 Å². The number of anilines is 1. The van der Waals surface area contributed by atoms with Gasteiger partial charge in [0.25, 0.3) is 0 Å². The summed E-state index contributed by atoms with van der Waals surface area (Å²) in [6.45, 7) is 4.35. The maximum Gasteiger partial charge on any atom is 0.230 e. The van der Waals surface area contributed by atoms with Crippen molar-refractivity contribution in [1.29, 1.82) is 0 Å². The fourth-order valence-corrected chi connectivity index (χ4v) is 6.44. The zero-order valence-electron chi connectivity index (χ0n) is 14.2. The summed E-state index contributed by atoms with van der Waals surface area (Å²) in [5.74, 6) is 3.05. The smallest absolute Gasteiger partial charge is 0.230 e. The number of rotatable bonds is 6. The van der Waals surface area contributed by atoms with Crippen molar-refractivity contribution in [3.8, 4) is 0 Å². The van der Waals surface area contributed by atoms with Gasteiger partial charge in [0.15, 0.2) is 4.34 Å². The van der Waals surface area contributed by atoms with E-state index < -0.39 is 0 Å². The Morgan fingerprint density at radius 3 is 2.88 bits per heavy atom. The van der Waals surface area contributed by atoms with E-state index in [1.807, 2.05) is 0 Å². The van der Waals surface area contributed by atoms with Gasteiger partial charge in [0.1, 0.15) is 0 Å². The molecule has 1 N–H and O–H groups in total. The Kier molecular flexibility index (Phi) is 4.99. The number of fused-ring (bicyclic) bond motifs is 2. The molecule has 2 heterocycles. The van der Waals surface area contributed by atoms with Crippen molar-refractivity contribution >= 4 is 34.1 Å². The summed E-state index contributed by atoms with van der Waals surface area (Å²) in [6, 6.07) is 0.308. The summed E-state index contributed by atoms with van der Waals surface area (Å²) in [4.78, 5) is 14.6. The first-order valence-corrected chi connectivity index (χ1v) is 11.0. The minimum Gasteiger partial charge on any atom is -0.353 e. The molecule has 4 atom stereocenters. The van der Waals surface area contributed by atoms with Crippen molar-refractivity contribution in [2.24, 2.45) is 17.8 Å². The Morgan fingerprint density at radius 2 is 2.17 bits per heavy atom. The minimum absolute atomic E-state index is 0.133. The lowest BCUT2D eigenvalue weighted by Gasteiger charge is -2.28. The zero-order chi connectivity index (χ0) is 16.5. The van der Waals surface area contributed by atoms with Gasteiger partial charge in [0.2, 0.25) is 11.0 Å². The summed E-state index contributed by atoms with van der Waals surface area (Å²) < 4.78 is 0.902. The molecule has 1 aromatic rings. The molecule has 0 aromatic carbocycles. The molecule has 3 aliphatic rings. The van der Waals surface area contributed by atoms with Crippen LogP contribution in [0.1, 0.15) is 45.4 Å². The third-order valence-electron chi connectivity index (χ3n) is 5.92. The molecule has 2 bridgehead atoms. The molecule has 0 spiro atoms. The predicted octanol–water partition coefficient (Wildman–Crippen LogP) is 3.17. The van der Waals surface area contributed by atoms with E-state index >= 15 is 0 Å². The number of nitrogens with zero attached hydrogens (tertiary/aromatic N) is 3. The molecule has 1 aliphatic heterocycles. The van der Waals surface area contributed by atoms with Crippen LogP contribution in [0.2, 0.25) is 0 Å². The Labute approximate surface area is 152 Å². The van der Waals surface area contributed by atoms with E-state index in [0.717, 1.165) is 34.4 Å². The number of hydrogen-bond donors (Lipinski definition) is 1. The molecule has 1 aromatic heterocycles. The Hall–Kier alpha value is -0.820. The lowest BCUT2D eigenvalue weighted by molar-refractivity contribution is -0.119. The van der Waals surface area contributed by atoms with Gasteiger partial charge in [-0.05, 0) is 56.8 Å². The summed E-state index contributed by atoms with van der Waals surface area (Å²) in [5.41, 5.74) is 0. The highest BCUT2D eigenvalue weighted by Gasteiger charge is 2.42. The first kappa shape index (κ1) is 16.6. The SMILES string of the molecule is C[C@H](NC(=O)CSc1nnc(N2CCCC2)s1)[C@H]1C[C@H]2CC[C@H]1C2. The second-order valence-corrected chi connectivity index (χ2v) is 9.71. The molecule has 0 radical (unpaired) electrons. The average molecular weight is 367 g/mol. The first-order valence-electron chi connectivity index (χ1n) is 9.19. The molecule has 3 fully saturated rings. The molecule has 2 aliphatic carbocycles. The van der Waals surface area contributed by atoms with Crippen molar-refractivity contribution in [3.05, 3.63) is 0 Å². The standard InChI is InChI=1S/C17H26N4OS2/c1-11(14-9-12-4-5-13(14)8-12)18-15(22)10-23-17-20-19-16(24-17)21-6-2-3-7-21/h11-14H,2-10H2,1H3,(H,18,22)/t11-,12-,13-,14+/m0/s1. The van der Waals surface area contributed by atoms with Crippen molar-refractivity contribution in [2.45, 2.75) is 55.8 Å². The Morgan fingerprint density at radius 1 is 1.33 bits per heavy atom. The number of carbonyl (C=O) groups excluding carboxylic acids is 1. The van der Waals surface area contributed by atoms with E-state index in [2.05, 4.69) is 27.3 Å². The molecule has 1 saturated heterocycles. The lowest BCUT2D eigenvalue weighted by atomic mass is 9.84. The largest absolute Gasteiger partial charge is 0.353 e. The molecular weight excluding hydrogens is 340 g/mol. The normalized spacial score (nSPS) is 30.0. The van der Waals surface area contributed by atoms with Gasteiger partial charge in [0.05, 0.1) is 5.75 Å². The van der Waals surface area contributed by atoms with E-state index in [1.165, 1.54) is 50.3 Å². The number of amides is 1. The molecule has 1 amide bonds. The highest BCUT2D eigenvalue weighted by atomic mass is 32.2. The number of thioether (sulfide) groups is 1. The highest BCUT2D eigenvalue weighted by molar-refractivity contribution is 8.01. The van der Waals surface area contributed by atoms with Crippen LogP contribution in [0.4, 0.5) is 5.13 Å². The predicted molar refractivity (Wildman–Crippen MR) is 98.6 cm³/mol. The fourth-order valence-electron chi connectivity index (χ4n) is 4.73. The van der Waals surface area contributed by atoms with Crippen LogP contribution in [-0.2, 0) is 4.79 Å². The summed E-state index contributed by atoms with van der Waals surface area (Å²) in [5, 5.41) is 12.7. The zero-order valence-corrected chi connectivity index (χ0v) is 15.9. The van der Waals surface area contributed by atoms with Crippen molar-refractivity contribution in [1.82, 2.24) is 15.5 Å². The maximum atomic E-state index is 12.3. The molecular formula is C17H26N4OS2. The van der Waals surface area contributed by atoms with Crippen LogP contribution in [0.25, 0.3) is 0 Å². The first-order chi connectivity index (χ1) is 11.7. The van der Waals surface area contributed by atoms with E-state index in [-0.39, 0.29) is 5.91 Å². The van der Waals surface area contributed by atoms with Crippen molar-refractivity contribution < 1.29 is 4.79 Å². The van der Waals surface area contributed by atoms with Crippen LogP contribution in [-0.4, -0.2) is 41.0 Å². The molecule has 5 nitrogen and oxygen atoms in total. The Balaban J connectivity index is 1.23. The maximum absolute atomic E-state index is 12.3. The quantitative estimate of drug-likeness (QED) is 0.784. The van der Waals surface area contributed by atoms with Gasteiger partial charge in [0, 0.05) is 19.1 Å². The van der Waals surface area contributed by atoms with Crippen LogP contribution >= 0.6 is 23.1 Å². The third-order valence-corrected chi connectivity index (χ3v) is 8.04. The number of nitrogens with one attached hydrogen (secondary N) is 1. The summed E-state index contributed by atoms with van der Waals surface area (Å²) >= 11 is 3.13. The third kappa shape index (κ3) is 3.57. The number of hydrogen-bond acceptors (Lipinski definition) is 6. The van der Waals surface area contributed by atoms with Crippen LogP contribution in [0.15, 0.2) is 4.34 Å². The molecule has 132 valence electrons. The Bertz CT molecular complexity index is 587. The van der Waals surface area contributed by atoms with Crippen LogP contribution in [0.5, 0.6) is 0 Å². The van der Waals surface area contributed by atoms with Crippen LogP contribution in [0.3, 0.4) is 0 Å². The van der Waals surface area contributed by atoms with E-state index in [4.69, 9.17) is 0 Å². The number of aromatic nitrogens is 2. The monoisotopic (exact) mass is 366 g/mol. The second kappa shape index (κ2) is 7.20. The van der Waals surface area contributed by atoms with Crippen LogP contribution < -0.4 is 10.2 Å². The lowest BCUT2D eigenvalue weighted by Crippen LogP contribution is -2.40. The van der Waals surface area contributed by atoms with Gasteiger partial charge in [-0.15, -0.1) is 10.2 Å². The second-order valence-electron chi connectivity index (χ2n) is 7.53. The highest BCUT2D eigenvalue weighted by Crippen LogP contribution is 2.49. The van der Waals surface area contributed by atoms with E-state index in [0.29, 0.717) is 17.7 Å². The van der Waals surface area contributed by atoms with Crippen molar-refractivity contribution in [2.75, 3.05) is 23.7 Å². The van der Waals surface area contributed by atoms with Gasteiger partial charge >= 0.3 is 0 Å². The van der Waals surface area contributed by atoms with E-state index in [9.17, 15) is 4.79 Å². The topological polar surface area (TPSA) is 58.1 Å². The average Bonchev–Trinajstić information content (AvgIpc) is 3.37. The summed E-state index contributed by atoms with van der Waals surface area (Å²) in [7, 11) is 0. The summed E-state index contributed by atoms with van der Waals surface area (Å²) in [6.07, 6.45) is 7.97. The van der Waals surface area contributed by atoms with Gasteiger partial charge in [-0.1, -0.05) is 29.5 Å². The minimum atomic E-state index is 0.133.